The Morgan fingerprint density at radius 3 is 2.50 bits per heavy atom. The SMILES string of the molecule is Cc1ccc(C2C=CC(P)=CC2)cc1. The monoisotopic (exact) mass is 202 g/mol. The van der Waals surface area contributed by atoms with Crippen molar-refractivity contribution < 1.29 is 0 Å². The second kappa shape index (κ2) is 4.11. The van der Waals surface area contributed by atoms with Crippen LogP contribution >= 0.6 is 9.24 Å². The van der Waals surface area contributed by atoms with Crippen LogP contribution in [0.4, 0.5) is 0 Å². The summed E-state index contributed by atoms with van der Waals surface area (Å²) < 4.78 is 0. The summed E-state index contributed by atoms with van der Waals surface area (Å²) in [5.74, 6) is 0.569. The third kappa shape index (κ3) is 2.13. The van der Waals surface area contributed by atoms with Crippen molar-refractivity contribution in [3.63, 3.8) is 0 Å². The van der Waals surface area contributed by atoms with Gasteiger partial charge in [-0.25, -0.2) is 0 Å². The van der Waals surface area contributed by atoms with Crippen LogP contribution in [-0.2, 0) is 0 Å². The summed E-state index contributed by atoms with van der Waals surface area (Å²) >= 11 is 0. The maximum Gasteiger partial charge on any atom is 0.00561 e. The Bertz CT molecular complexity index is 371. The molecule has 0 aromatic heterocycles. The molecular weight excluding hydrogens is 187 g/mol. The molecule has 0 amide bonds. The third-order valence-corrected chi connectivity index (χ3v) is 3.06. The standard InChI is InChI=1S/C13H15P/c1-10-2-4-11(5-3-10)12-6-8-13(14)9-7-12/h2-6,8-9,12H,7,14H2,1H3. The van der Waals surface area contributed by atoms with Crippen LogP contribution in [0.3, 0.4) is 0 Å². The van der Waals surface area contributed by atoms with Crippen LogP contribution < -0.4 is 0 Å². The van der Waals surface area contributed by atoms with Gasteiger partial charge in [0.2, 0.25) is 0 Å². The lowest BCUT2D eigenvalue weighted by Gasteiger charge is -2.15. The summed E-state index contributed by atoms with van der Waals surface area (Å²) in [6, 6.07) is 8.82. The number of aryl methyl sites for hydroxylation is 1. The highest BCUT2D eigenvalue weighted by Gasteiger charge is 2.08. The summed E-state index contributed by atoms with van der Waals surface area (Å²) in [5.41, 5.74) is 2.75. The summed E-state index contributed by atoms with van der Waals surface area (Å²) in [6.45, 7) is 2.13. The van der Waals surface area contributed by atoms with E-state index in [-0.39, 0.29) is 0 Å². The lowest BCUT2D eigenvalue weighted by molar-refractivity contribution is 0.851. The molecule has 1 aromatic carbocycles. The fraction of sp³-hybridized carbons (Fsp3) is 0.231. The smallest absolute Gasteiger partial charge is 0.00561 e. The van der Waals surface area contributed by atoms with Gasteiger partial charge in [-0.1, -0.05) is 48.1 Å². The molecule has 2 unspecified atom stereocenters. The van der Waals surface area contributed by atoms with Gasteiger partial charge in [0.1, 0.15) is 0 Å². The third-order valence-electron chi connectivity index (χ3n) is 2.63. The van der Waals surface area contributed by atoms with Crippen LogP contribution in [-0.4, -0.2) is 0 Å². The molecule has 14 heavy (non-hydrogen) atoms. The quantitative estimate of drug-likeness (QED) is 0.608. The summed E-state index contributed by atoms with van der Waals surface area (Å²) in [6.07, 6.45) is 7.86. The van der Waals surface area contributed by atoms with Crippen molar-refractivity contribution >= 4 is 9.24 Å². The number of benzene rings is 1. The van der Waals surface area contributed by atoms with Crippen LogP contribution in [0.15, 0.2) is 47.8 Å². The number of hydrogen-bond acceptors (Lipinski definition) is 0. The predicted molar refractivity (Wildman–Crippen MR) is 65.5 cm³/mol. The zero-order valence-electron chi connectivity index (χ0n) is 8.40. The highest BCUT2D eigenvalue weighted by Crippen LogP contribution is 2.28. The van der Waals surface area contributed by atoms with Crippen molar-refractivity contribution in [3.05, 3.63) is 58.9 Å². The average Bonchev–Trinajstić information content (AvgIpc) is 2.21. The van der Waals surface area contributed by atoms with Gasteiger partial charge in [-0.3, -0.25) is 0 Å². The van der Waals surface area contributed by atoms with Crippen LogP contribution in [0, 0.1) is 6.92 Å². The number of hydrogen-bond donors (Lipinski definition) is 0. The molecule has 1 aromatic rings. The maximum absolute atomic E-state index is 2.74. The van der Waals surface area contributed by atoms with E-state index in [1.165, 1.54) is 16.4 Å². The van der Waals surface area contributed by atoms with Crippen molar-refractivity contribution in [3.8, 4) is 0 Å². The normalized spacial score (nSPS) is 20.7. The van der Waals surface area contributed by atoms with Crippen molar-refractivity contribution in [2.45, 2.75) is 19.3 Å². The molecule has 0 saturated heterocycles. The molecule has 0 nitrogen and oxygen atoms in total. The van der Waals surface area contributed by atoms with Gasteiger partial charge in [0.15, 0.2) is 0 Å². The molecule has 2 atom stereocenters. The van der Waals surface area contributed by atoms with E-state index >= 15 is 0 Å². The molecule has 72 valence electrons. The number of allylic oxidation sites excluding steroid dienone is 4. The first-order valence-electron chi connectivity index (χ1n) is 4.96. The molecule has 1 aliphatic carbocycles. The van der Waals surface area contributed by atoms with E-state index in [0.717, 1.165) is 6.42 Å². The largest absolute Gasteiger partial charge is 0.106 e. The Morgan fingerprint density at radius 1 is 1.21 bits per heavy atom. The minimum atomic E-state index is 0.569. The molecule has 2 rings (SSSR count). The Balaban J connectivity index is 2.18. The molecule has 0 fully saturated rings. The van der Waals surface area contributed by atoms with E-state index in [1.54, 1.807) is 0 Å². The minimum absolute atomic E-state index is 0.569. The van der Waals surface area contributed by atoms with E-state index in [0.29, 0.717) is 5.92 Å². The van der Waals surface area contributed by atoms with Gasteiger partial charge in [-0.2, -0.15) is 0 Å². The fourth-order valence-electron chi connectivity index (χ4n) is 1.70. The zero-order chi connectivity index (χ0) is 9.97. The van der Waals surface area contributed by atoms with E-state index in [9.17, 15) is 0 Å². The van der Waals surface area contributed by atoms with Crippen LogP contribution in [0.1, 0.15) is 23.5 Å². The molecule has 1 aliphatic rings. The van der Waals surface area contributed by atoms with Crippen LogP contribution in [0.5, 0.6) is 0 Å². The summed E-state index contributed by atoms with van der Waals surface area (Å²) in [7, 11) is 2.74. The lowest BCUT2D eigenvalue weighted by Crippen LogP contribution is -1.96. The Labute approximate surface area is 87.9 Å². The van der Waals surface area contributed by atoms with Crippen molar-refractivity contribution in [1.82, 2.24) is 0 Å². The van der Waals surface area contributed by atoms with Crippen LogP contribution in [0.2, 0.25) is 0 Å². The highest BCUT2D eigenvalue weighted by atomic mass is 31.0. The van der Waals surface area contributed by atoms with Crippen molar-refractivity contribution in [1.29, 1.82) is 0 Å². The van der Waals surface area contributed by atoms with Gasteiger partial charge in [0.05, 0.1) is 0 Å². The van der Waals surface area contributed by atoms with Gasteiger partial charge >= 0.3 is 0 Å². The number of rotatable bonds is 1. The first kappa shape index (κ1) is 9.68. The van der Waals surface area contributed by atoms with E-state index in [4.69, 9.17) is 0 Å². The molecule has 1 heteroatoms. The maximum atomic E-state index is 2.74. The van der Waals surface area contributed by atoms with E-state index in [2.05, 4.69) is 58.7 Å². The molecule has 0 N–H and O–H groups in total. The van der Waals surface area contributed by atoms with Gasteiger partial charge in [0.25, 0.3) is 0 Å². The highest BCUT2D eigenvalue weighted by molar-refractivity contribution is 7.22. The first-order valence-corrected chi connectivity index (χ1v) is 5.54. The Morgan fingerprint density at radius 2 is 1.93 bits per heavy atom. The second-order valence-corrected chi connectivity index (χ2v) is 4.48. The van der Waals surface area contributed by atoms with Gasteiger partial charge in [-0.15, -0.1) is 9.24 Å². The molecular formula is C13H15P. The van der Waals surface area contributed by atoms with Gasteiger partial charge in [-0.05, 0) is 24.2 Å². The molecule has 0 radical (unpaired) electrons. The van der Waals surface area contributed by atoms with E-state index < -0.39 is 0 Å². The van der Waals surface area contributed by atoms with Crippen molar-refractivity contribution in [2.24, 2.45) is 0 Å². The molecule has 0 spiro atoms. The topological polar surface area (TPSA) is 0 Å². The predicted octanol–water partition coefficient (Wildman–Crippen LogP) is 3.80. The summed E-state index contributed by atoms with van der Waals surface area (Å²) in [4.78, 5) is 0. The Hall–Kier alpha value is -0.870. The molecule has 0 saturated carbocycles. The lowest BCUT2D eigenvalue weighted by atomic mass is 9.92. The summed E-state index contributed by atoms with van der Waals surface area (Å²) in [5, 5.41) is 1.30. The van der Waals surface area contributed by atoms with Gasteiger partial charge < -0.3 is 0 Å². The minimum Gasteiger partial charge on any atom is -0.106 e. The Kier molecular flexibility index (Phi) is 2.84. The fourth-order valence-corrected chi connectivity index (χ4v) is 1.94. The second-order valence-electron chi connectivity index (χ2n) is 3.82. The average molecular weight is 202 g/mol. The van der Waals surface area contributed by atoms with Crippen LogP contribution in [0.25, 0.3) is 0 Å². The first-order chi connectivity index (χ1) is 6.75. The molecule has 0 aliphatic heterocycles. The zero-order valence-corrected chi connectivity index (χ0v) is 9.56. The van der Waals surface area contributed by atoms with Gasteiger partial charge in [0, 0.05) is 5.92 Å². The van der Waals surface area contributed by atoms with Crippen molar-refractivity contribution in [2.75, 3.05) is 0 Å². The molecule has 0 bridgehead atoms. The van der Waals surface area contributed by atoms with E-state index in [1.807, 2.05) is 0 Å². The molecule has 0 heterocycles.